The molecule has 0 amide bonds. The first-order valence-corrected chi connectivity index (χ1v) is 6.41. The fraction of sp³-hybridized carbons (Fsp3) is 1.00. The number of hydrogen-bond donors (Lipinski definition) is 1. The second-order valence-corrected chi connectivity index (χ2v) is 7.06. The van der Waals surface area contributed by atoms with Crippen LogP contribution in [0.25, 0.3) is 0 Å². The Hall–Kier alpha value is -0.130. The average molecular weight is 218 g/mol. The first-order valence-electron chi connectivity index (χ1n) is 4.94. The van der Waals surface area contributed by atoms with Gasteiger partial charge in [0.05, 0.1) is 0 Å². The molecule has 0 spiro atoms. The molecule has 5 heteroatoms. The first kappa shape index (κ1) is 9.12. The van der Waals surface area contributed by atoms with Crippen LogP contribution < -0.4 is 0 Å². The van der Waals surface area contributed by atoms with Gasteiger partial charge < -0.3 is 5.11 Å². The molecular weight excluding hydrogens is 204 g/mol. The summed E-state index contributed by atoms with van der Waals surface area (Å²) in [7, 11) is -3.51. The number of aliphatic hydroxyl groups is 1. The molecule has 2 aliphatic carbocycles. The van der Waals surface area contributed by atoms with Crippen LogP contribution >= 0.6 is 0 Å². The molecular formula is C9H14O4S. The molecule has 1 aliphatic heterocycles. The SMILES string of the molecule is CC1C2OS(=O)(=O)C3CC1(C)CC23O. The van der Waals surface area contributed by atoms with Gasteiger partial charge in [0.1, 0.15) is 17.0 Å². The third-order valence-corrected chi connectivity index (χ3v) is 6.28. The highest BCUT2D eigenvalue weighted by Crippen LogP contribution is 2.65. The number of fused-ring (bicyclic) bond motifs is 1. The van der Waals surface area contributed by atoms with E-state index in [1.807, 2.05) is 13.8 Å². The first-order chi connectivity index (χ1) is 6.30. The van der Waals surface area contributed by atoms with E-state index in [1.165, 1.54) is 0 Å². The average Bonchev–Trinajstić information content (AvgIpc) is 2.46. The van der Waals surface area contributed by atoms with Gasteiger partial charge in [-0.1, -0.05) is 13.8 Å². The zero-order valence-electron chi connectivity index (χ0n) is 8.23. The predicted molar refractivity (Wildman–Crippen MR) is 49.0 cm³/mol. The minimum Gasteiger partial charge on any atom is -0.386 e. The van der Waals surface area contributed by atoms with Crippen LogP contribution in [0.2, 0.25) is 0 Å². The summed E-state index contributed by atoms with van der Waals surface area (Å²) in [5.41, 5.74) is -1.17. The van der Waals surface area contributed by atoms with Crippen LogP contribution in [0.15, 0.2) is 0 Å². The summed E-state index contributed by atoms with van der Waals surface area (Å²) in [6.07, 6.45) is 0.607. The van der Waals surface area contributed by atoms with Crippen molar-refractivity contribution >= 4 is 10.1 Å². The van der Waals surface area contributed by atoms with Crippen LogP contribution in [0.3, 0.4) is 0 Å². The Morgan fingerprint density at radius 2 is 2.14 bits per heavy atom. The van der Waals surface area contributed by atoms with E-state index in [0.717, 1.165) is 0 Å². The van der Waals surface area contributed by atoms with Crippen molar-refractivity contribution in [2.45, 2.75) is 43.6 Å². The highest BCUT2D eigenvalue weighted by molar-refractivity contribution is 7.87. The molecule has 5 unspecified atom stereocenters. The minimum absolute atomic E-state index is 0.0619. The van der Waals surface area contributed by atoms with Crippen molar-refractivity contribution in [1.82, 2.24) is 0 Å². The van der Waals surface area contributed by atoms with E-state index in [1.54, 1.807) is 0 Å². The Morgan fingerprint density at radius 3 is 2.64 bits per heavy atom. The summed E-state index contributed by atoms with van der Waals surface area (Å²) in [5.74, 6) is 0.126. The van der Waals surface area contributed by atoms with E-state index >= 15 is 0 Å². The highest BCUT2D eigenvalue weighted by Gasteiger charge is 2.75. The Kier molecular flexibility index (Phi) is 1.32. The van der Waals surface area contributed by atoms with Gasteiger partial charge in [0, 0.05) is 0 Å². The fourth-order valence-electron chi connectivity index (χ4n) is 3.59. The van der Waals surface area contributed by atoms with Gasteiger partial charge in [0.2, 0.25) is 0 Å². The molecule has 0 aromatic heterocycles. The molecule has 3 aliphatic rings. The predicted octanol–water partition coefficient (Wildman–Crippen LogP) is 0.265. The molecule has 3 fully saturated rings. The van der Waals surface area contributed by atoms with E-state index < -0.39 is 27.1 Å². The van der Waals surface area contributed by atoms with E-state index in [-0.39, 0.29) is 11.3 Å². The molecule has 0 aromatic rings. The Balaban J connectivity index is 2.21. The van der Waals surface area contributed by atoms with E-state index in [2.05, 4.69) is 0 Å². The second-order valence-electron chi connectivity index (χ2n) is 5.31. The molecule has 3 rings (SSSR count). The summed E-state index contributed by atoms with van der Waals surface area (Å²) in [6.45, 7) is 4.02. The zero-order chi connectivity index (χ0) is 10.4. The third-order valence-electron chi connectivity index (χ3n) is 4.53. The maximum Gasteiger partial charge on any atom is 0.273 e. The lowest BCUT2D eigenvalue weighted by Gasteiger charge is -2.31. The molecule has 2 saturated carbocycles. The Morgan fingerprint density at radius 1 is 1.50 bits per heavy atom. The quantitative estimate of drug-likeness (QED) is 0.593. The van der Waals surface area contributed by atoms with Crippen LogP contribution in [0, 0.1) is 11.3 Å². The van der Waals surface area contributed by atoms with Crippen molar-refractivity contribution in [3.63, 3.8) is 0 Å². The summed E-state index contributed by atoms with van der Waals surface area (Å²) in [6, 6.07) is 0. The van der Waals surface area contributed by atoms with Gasteiger partial charge in [-0.2, -0.15) is 8.42 Å². The molecule has 2 bridgehead atoms. The molecule has 5 atom stereocenters. The van der Waals surface area contributed by atoms with Crippen molar-refractivity contribution < 1.29 is 17.7 Å². The topological polar surface area (TPSA) is 63.6 Å². The van der Waals surface area contributed by atoms with Crippen molar-refractivity contribution in [2.75, 3.05) is 0 Å². The van der Waals surface area contributed by atoms with Crippen LogP contribution in [0.5, 0.6) is 0 Å². The lowest BCUT2D eigenvalue weighted by Crippen LogP contribution is -2.45. The normalized spacial score (nSPS) is 63.5. The molecule has 0 radical (unpaired) electrons. The standard InChI is InChI=1S/C9H14O4S/c1-5-7-9(10)4-8(5,2)3-6(9)14(11,12)13-7/h5-7,10H,3-4H2,1-2H3. The summed E-state index contributed by atoms with van der Waals surface area (Å²) >= 11 is 0. The summed E-state index contributed by atoms with van der Waals surface area (Å²) in [4.78, 5) is 0. The maximum atomic E-state index is 11.6. The number of hydrogen-bond acceptors (Lipinski definition) is 4. The lowest BCUT2D eigenvalue weighted by molar-refractivity contribution is -0.0278. The van der Waals surface area contributed by atoms with E-state index in [9.17, 15) is 13.5 Å². The van der Waals surface area contributed by atoms with Gasteiger partial charge >= 0.3 is 0 Å². The number of rotatable bonds is 0. The van der Waals surface area contributed by atoms with E-state index in [0.29, 0.717) is 12.8 Å². The molecule has 1 heterocycles. The Labute approximate surface area is 83.4 Å². The van der Waals surface area contributed by atoms with Gasteiger partial charge in [0.15, 0.2) is 0 Å². The molecule has 1 saturated heterocycles. The van der Waals surface area contributed by atoms with E-state index in [4.69, 9.17) is 4.18 Å². The third kappa shape index (κ3) is 0.729. The monoisotopic (exact) mass is 218 g/mol. The van der Waals surface area contributed by atoms with Crippen LogP contribution in [-0.2, 0) is 14.3 Å². The van der Waals surface area contributed by atoms with Gasteiger partial charge in [-0.15, -0.1) is 0 Å². The molecule has 4 nitrogen and oxygen atoms in total. The second kappa shape index (κ2) is 2.03. The largest absolute Gasteiger partial charge is 0.386 e. The van der Waals surface area contributed by atoms with Crippen LogP contribution in [0.1, 0.15) is 26.7 Å². The van der Waals surface area contributed by atoms with Gasteiger partial charge in [-0.05, 0) is 24.2 Å². The smallest absolute Gasteiger partial charge is 0.273 e. The Bertz CT molecular complexity index is 403. The van der Waals surface area contributed by atoms with Crippen molar-refractivity contribution in [1.29, 1.82) is 0 Å². The fourth-order valence-corrected chi connectivity index (χ4v) is 5.65. The van der Waals surface area contributed by atoms with Gasteiger partial charge in [-0.25, -0.2) is 0 Å². The van der Waals surface area contributed by atoms with Crippen LogP contribution in [-0.4, -0.2) is 30.5 Å². The van der Waals surface area contributed by atoms with Crippen LogP contribution in [0.4, 0.5) is 0 Å². The van der Waals surface area contributed by atoms with Gasteiger partial charge in [-0.3, -0.25) is 4.18 Å². The molecule has 14 heavy (non-hydrogen) atoms. The van der Waals surface area contributed by atoms with Crippen molar-refractivity contribution in [3.8, 4) is 0 Å². The maximum absolute atomic E-state index is 11.6. The summed E-state index contributed by atoms with van der Waals surface area (Å²) in [5, 5.41) is 9.63. The lowest BCUT2D eigenvalue weighted by atomic mass is 9.76. The molecule has 80 valence electrons. The van der Waals surface area contributed by atoms with Gasteiger partial charge in [0.25, 0.3) is 10.1 Å². The molecule has 0 aromatic carbocycles. The molecule has 1 N–H and O–H groups in total. The zero-order valence-corrected chi connectivity index (χ0v) is 9.04. The van der Waals surface area contributed by atoms with Crippen molar-refractivity contribution in [2.24, 2.45) is 11.3 Å². The summed E-state index contributed by atoms with van der Waals surface area (Å²) < 4.78 is 28.2. The minimum atomic E-state index is -3.51. The van der Waals surface area contributed by atoms with Crippen molar-refractivity contribution in [3.05, 3.63) is 0 Å². The highest BCUT2D eigenvalue weighted by atomic mass is 32.2.